The lowest BCUT2D eigenvalue weighted by Gasteiger charge is -2.30. The van der Waals surface area contributed by atoms with Crippen molar-refractivity contribution in [3.8, 4) is 78.7 Å². The van der Waals surface area contributed by atoms with Crippen LogP contribution in [0.15, 0.2) is 250 Å². The molecule has 76 heavy (non-hydrogen) atoms. The highest BCUT2D eigenvalue weighted by Crippen LogP contribution is 2.63. The average molecular weight is 970 g/mol. The third kappa shape index (κ3) is 5.72. The molecule has 11 aromatic carbocycles. The minimum atomic E-state index is -0.360. The Morgan fingerprint density at radius 1 is 0.237 bits per heavy atom. The molecule has 0 unspecified atom stereocenters. The van der Waals surface area contributed by atoms with Crippen LogP contribution in [0, 0.1) is 0 Å². The standard InChI is InChI=1S/C70H39N3O3/c1-6-20-55-45(13-1)46-14-2-7-21-56(46)70(55)57-22-8-3-15-47(57)52-37-42(31-34-58(52)70)40-27-29-41(30-28-40)43-32-35-62-54(38-43)66-51(19-12-26-64(66)76-62)69-72-67(44-33-36-61-53(39-44)48-16-4-9-23-59(48)74-61)71-68(73-69)50-18-11-25-63-65(50)49-17-5-10-24-60(49)75-63/h1-39H. The highest BCUT2D eigenvalue weighted by molar-refractivity contribution is 6.14. The molecule has 6 heteroatoms. The van der Waals surface area contributed by atoms with Crippen molar-refractivity contribution in [2.45, 2.75) is 5.41 Å². The Labute approximate surface area is 434 Å². The molecular formula is C70H39N3O3. The fourth-order valence-corrected chi connectivity index (χ4v) is 12.9. The van der Waals surface area contributed by atoms with Gasteiger partial charge in [-0.05, 0) is 127 Å². The lowest BCUT2D eigenvalue weighted by atomic mass is 9.70. The summed E-state index contributed by atoms with van der Waals surface area (Å²) in [5, 5.41) is 5.90. The molecule has 0 saturated heterocycles. The molecule has 15 aromatic rings. The van der Waals surface area contributed by atoms with E-state index in [1.165, 1.54) is 50.1 Å². The lowest BCUT2D eigenvalue weighted by Crippen LogP contribution is -2.25. The second-order valence-electron chi connectivity index (χ2n) is 20.1. The predicted octanol–water partition coefficient (Wildman–Crippen LogP) is 18.2. The molecule has 0 radical (unpaired) electrons. The van der Waals surface area contributed by atoms with Crippen molar-refractivity contribution < 1.29 is 13.3 Å². The molecule has 4 heterocycles. The van der Waals surface area contributed by atoms with E-state index in [-0.39, 0.29) is 5.41 Å². The highest BCUT2D eigenvalue weighted by Gasteiger charge is 2.51. The van der Waals surface area contributed by atoms with E-state index in [1.54, 1.807) is 0 Å². The minimum absolute atomic E-state index is 0.360. The molecule has 0 atom stereocenters. The maximum absolute atomic E-state index is 6.63. The minimum Gasteiger partial charge on any atom is -0.456 e. The van der Waals surface area contributed by atoms with Crippen molar-refractivity contribution in [1.29, 1.82) is 0 Å². The van der Waals surface area contributed by atoms with Gasteiger partial charge >= 0.3 is 0 Å². The van der Waals surface area contributed by atoms with Crippen LogP contribution < -0.4 is 0 Å². The van der Waals surface area contributed by atoms with Gasteiger partial charge in [0.15, 0.2) is 17.5 Å². The molecule has 17 rings (SSSR count). The van der Waals surface area contributed by atoms with Gasteiger partial charge in [0, 0.05) is 49.0 Å². The van der Waals surface area contributed by atoms with Gasteiger partial charge in [-0.25, -0.2) is 15.0 Å². The van der Waals surface area contributed by atoms with Gasteiger partial charge in [-0.2, -0.15) is 0 Å². The van der Waals surface area contributed by atoms with Crippen LogP contribution in [-0.2, 0) is 5.41 Å². The molecule has 0 N–H and O–H groups in total. The third-order valence-corrected chi connectivity index (χ3v) is 16.2. The Hall–Kier alpha value is -10.2. The van der Waals surface area contributed by atoms with Crippen LogP contribution in [-0.4, -0.2) is 15.0 Å². The maximum Gasteiger partial charge on any atom is 0.164 e. The number of hydrogen-bond acceptors (Lipinski definition) is 6. The summed E-state index contributed by atoms with van der Waals surface area (Å²) in [5.41, 5.74) is 22.1. The van der Waals surface area contributed by atoms with Crippen molar-refractivity contribution in [3.05, 3.63) is 259 Å². The first-order valence-corrected chi connectivity index (χ1v) is 25.7. The van der Waals surface area contributed by atoms with Gasteiger partial charge in [0.25, 0.3) is 0 Å². The lowest BCUT2D eigenvalue weighted by molar-refractivity contribution is 0.668. The summed E-state index contributed by atoms with van der Waals surface area (Å²) < 4.78 is 19.2. The molecule has 352 valence electrons. The molecule has 0 fully saturated rings. The van der Waals surface area contributed by atoms with Crippen molar-refractivity contribution in [2.24, 2.45) is 0 Å². The Kier molecular flexibility index (Phi) is 8.39. The maximum atomic E-state index is 6.63. The summed E-state index contributed by atoms with van der Waals surface area (Å²) in [6, 6.07) is 84.0. The smallest absolute Gasteiger partial charge is 0.164 e. The zero-order valence-corrected chi connectivity index (χ0v) is 40.6. The second kappa shape index (κ2) is 15.4. The van der Waals surface area contributed by atoms with Crippen LogP contribution in [0.25, 0.3) is 144 Å². The summed E-state index contributed by atoms with van der Waals surface area (Å²) in [7, 11) is 0. The quantitative estimate of drug-likeness (QED) is 0.171. The summed E-state index contributed by atoms with van der Waals surface area (Å²) >= 11 is 0. The Bertz CT molecular complexity index is 4910. The highest BCUT2D eigenvalue weighted by atomic mass is 16.3. The van der Waals surface area contributed by atoms with Crippen LogP contribution in [0.4, 0.5) is 0 Å². The van der Waals surface area contributed by atoms with Crippen LogP contribution in [0.3, 0.4) is 0 Å². The Morgan fingerprint density at radius 3 is 1.28 bits per heavy atom. The fourth-order valence-electron chi connectivity index (χ4n) is 12.9. The van der Waals surface area contributed by atoms with Gasteiger partial charge in [-0.3, -0.25) is 0 Å². The first-order valence-electron chi connectivity index (χ1n) is 25.7. The molecule has 0 saturated carbocycles. The zero-order valence-electron chi connectivity index (χ0n) is 40.6. The van der Waals surface area contributed by atoms with Crippen molar-refractivity contribution >= 4 is 65.8 Å². The summed E-state index contributed by atoms with van der Waals surface area (Å²) in [5.74, 6) is 1.62. The molecule has 6 nitrogen and oxygen atoms in total. The molecule has 0 bridgehead atoms. The first-order chi connectivity index (χ1) is 37.6. The zero-order chi connectivity index (χ0) is 49.6. The Balaban J connectivity index is 0.786. The normalized spacial score (nSPS) is 13.1. The van der Waals surface area contributed by atoms with Crippen molar-refractivity contribution in [3.63, 3.8) is 0 Å². The van der Waals surface area contributed by atoms with Crippen molar-refractivity contribution in [2.75, 3.05) is 0 Å². The van der Waals surface area contributed by atoms with E-state index in [9.17, 15) is 0 Å². The van der Waals surface area contributed by atoms with Crippen LogP contribution in [0.2, 0.25) is 0 Å². The number of nitrogens with zero attached hydrogens (tertiary/aromatic N) is 3. The van der Waals surface area contributed by atoms with E-state index in [4.69, 9.17) is 28.2 Å². The third-order valence-electron chi connectivity index (χ3n) is 16.2. The Morgan fingerprint density at radius 2 is 0.632 bits per heavy atom. The molecular weight excluding hydrogens is 931 g/mol. The number of hydrogen-bond donors (Lipinski definition) is 0. The summed E-state index contributed by atoms with van der Waals surface area (Å²) in [6.45, 7) is 0. The monoisotopic (exact) mass is 969 g/mol. The van der Waals surface area contributed by atoms with E-state index < -0.39 is 0 Å². The van der Waals surface area contributed by atoms with Gasteiger partial charge in [-0.15, -0.1) is 0 Å². The predicted molar refractivity (Wildman–Crippen MR) is 305 cm³/mol. The number of para-hydroxylation sites is 2. The SMILES string of the molecule is c1ccc2c(c1)-c1ccccc1C21c2ccccc2-c2cc(-c3ccc(-c4ccc5oc6cccc(-c7nc(-c8ccc9oc%10ccccc%10c9c8)nc(-c8cccc9oc%10ccccc%10c89)n7)c6c5c4)cc3)ccc21. The number of aromatic nitrogens is 3. The number of furan rings is 3. The summed E-state index contributed by atoms with van der Waals surface area (Å²) in [6.07, 6.45) is 0. The van der Waals surface area contributed by atoms with E-state index in [1.807, 2.05) is 72.8 Å². The van der Waals surface area contributed by atoms with Gasteiger partial charge in [-0.1, -0.05) is 176 Å². The molecule has 0 aliphatic heterocycles. The largest absolute Gasteiger partial charge is 0.456 e. The van der Waals surface area contributed by atoms with E-state index in [0.717, 1.165) is 99.2 Å². The first kappa shape index (κ1) is 41.3. The van der Waals surface area contributed by atoms with Crippen molar-refractivity contribution in [1.82, 2.24) is 15.0 Å². The van der Waals surface area contributed by atoms with Gasteiger partial charge < -0.3 is 13.3 Å². The number of benzene rings is 11. The van der Waals surface area contributed by atoms with E-state index in [0.29, 0.717) is 17.5 Å². The van der Waals surface area contributed by atoms with Gasteiger partial charge in [0.05, 0.1) is 5.41 Å². The van der Waals surface area contributed by atoms with E-state index in [2.05, 4.69) is 164 Å². The van der Waals surface area contributed by atoms with E-state index >= 15 is 0 Å². The number of fused-ring (bicyclic) bond motifs is 19. The van der Waals surface area contributed by atoms with Gasteiger partial charge in [0.1, 0.15) is 33.5 Å². The fraction of sp³-hybridized carbons (Fsp3) is 0.0143. The van der Waals surface area contributed by atoms with Gasteiger partial charge in [0.2, 0.25) is 0 Å². The molecule has 1 spiro atoms. The van der Waals surface area contributed by atoms with Crippen LogP contribution in [0.1, 0.15) is 22.3 Å². The molecule has 4 aromatic heterocycles. The molecule has 2 aliphatic carbocycles. The number of rotatable bonds is 5. The average Bonchev–Trinajstić information content (AvgIpc) is 4.42. The molecule has 2 aliphatic rings. The second-order valence-corrected chi connectivity index (χ2v) is 20.1. The summed E-state index contributed by atoms with van der Waals surface area (Å²) in [4.78, 5) is 15.9. The van der Waals surface area contributed by atoms with Crippen LogP contribution >= 0.6 is 0 Å². The molecule has 0 amide bonds. The topological polar surface area (TPSA) is 78.1 Å². The van der Waals surface area contributed by atoms with Crippen LogP contribution in [0.5, 0.6) is 0 Å².